The first kappa shape index (κ1) is 23.0. The SMILES string of the molecule is [2H]c1c([2H])c([2H])c(N(c2ccc3c(c2)C2(c4ccccc4-c4ccccc42)c2ccccc2-3)c2cccc3c4ccccc4c4ccccc4c23)c([2H])c1[2H]. The van der Waals surface area contributed by atoms with Crippen molar-refractivity contribution in [3.05, 3.63) is 210 Å². The maximum Gasteiger partial charge on any atom is 0.0726 e. The molecule has 11 rings (SSSR count). The quantitative estimate of drug-likeness (QED) is 0.174. The van der Waals surface area contributed by atoms with E-state index >= 15 is 0 Å². The number of fused-ring (bicyclic) bond motifs is 16. The first-order valence-electron chi connectivity index (χ1n) is 19.5. The molecule has 0 aromatic heterocycles. The van der Waals surface area contributed by atoms with Gasteiger partial charge in [-0.05, 0) is 102 Å². The monoisotopic (exact) mass is 638 g/mol. The average molecular weight is 639 g/mol. The summed E-state index contributed by atoms with van der Waals surface area (Å²) in [7, 11) is 0. The van der Waals surface area contributed by atoms with Crippen LogP contribution in [0.1, 0.15) is 29.1 Å². The fraction of sp³-hybridized carbons (Fsp3) is 0.0204. The van der Waals surface area contributed by atoms with E-state index in [0.717, 1.165) is 54.7 Å². The molecule has 0 saturated carbocycles. The summed E-state index contributed by atoms with van der Waals surface area (Å²) in [5.41, 5.74) is 10.3. The lowest BCUT2D eigenvalue weighted by Crippen LogP contribution is -2.26. The first-order chi connectivity index (χ1) is 26.9. The van der Waals surface area contributed by atoms with Gasteiger partial charge in [0.25, 0.3) is 0 Å². The molecular weight excluding hydrogens is 603 g/mol. The van der Waals surface area contributed by atoms with Crippen LogP contribution in [0.5, 0.6) is 0 Å². The van der Waals surface area contributed by atoms with Crippen LogP contribution < -0.4 is 4.90 Å². The summed E-state index contributed by atoms with van der Waals surface area (Å²) in [5.74, 6) is 0. The molecule has 1 heteroatoms. The second-order valence-corrected chi connectivity index (χ2v) is 13.2. The van der Waals surface area contributed by atoms with E-state index in [1.165, 1.54) is 27.8 Å². The van der Waals surface area contributed by atoms with Gasteiger partial charge in [0.15, 0.2) is 0 Å². The maximum absolute atomic E-state index is 9.36. The van der Waals surface area contributed by atoms with Gasteiger partial charge in [0.05, 0.1) is 18.0 Å². The fourth-order valence-corrected chi connectivity index (χ4v) is 9.09. The van der Waals surface area contributed by atoms with Crippen LogP contribution in [-0.2, 0) is 5.41 Å². The molecule has 50 heavy (non-hydrogen) atoms. The summed E-state index contributed by atoms with van der Waals surface area (Å²) in [4.78, 5) is 1.91. The van der Waals surface area contributed by atoms with Crippen molar-refractivity contribution in [1.82, 2.24) is 0 Å². The van der Waals surface area contributed by atoms with Gasteiger partial charge in [-0.2, -0.15) is 0 Å². The molecule has 0 amide bonds. The molecule has 232 valence electrons. The highest BCUT2D eigenvalue weighted by Crippen LogP contribution is 2.63. The molecule has 0 bridgehead atoms. The predicted octanol–water partition coefficient (Wildman–Crippen LogP) is 13.0. The van der Waals surface area contributed by atoms with Gasteiger partial charge in [0, 0.05) is 16.8 Å². The highest BCUT2D eigenvalue weighted by atomic mass is 15.1. The first-order valence-corrected chi connectivity index (χ1v) is 17.0. The van der Waals surface area contributed by atoms with Crippen LogP contribution in [0, 0.1) is 0 Å². The minimum Gasteiger partial charge on any atom is -0.310 e. The molecule has 9 aromatic rings. The number of hydrogen-bond donors (Lipinski definition) is 0. The van der Waals surface area contributed by atoms with Crippen molar-refractivity contribution in [2.24, 2.45) is 0 Å². The molecule has 2 aliphatic rings. The molecule has 0 heterocycles. The van der Waals surface area contributed by atoms with Crippen LogP contribution >= 0.6 is 0 Å². The zero-order chi connectivity index (χ0) is 37.2. The Kier molecular flexibility index (Phi) is 4.73. The molecule has 0 N–H and O–H groups in total. The molecule has 0 atom stereocenters. The second-order valence-electron chi connectivity index (χ2n) is 13.2. The zero-order valence-electron chi connectivity index (χ0n) is 32.0. The molecule has 0 saturated heterocycles. The van der Waals surface area contributed by atoms with E-state index in [9.17, 15) is 2.74 Å². The molecule has 1 spiro atoms. The Morgan fingerprint density at radius 3 is 1.42 bits per heavy atom. The van der Waals surface area contributed by atoms with Gasteiger partial charge in [0.1, 0.15) is 0 Å². The van der Waals surface area contributed by atoms with Gasteiger partial charge in [-0.3, -0.25) is 0 Å². The van der Waals surface area contributed by atoms with Crippen LogP contribution in [0.3, 0.4) is 0 Å². The summed E-state index contributed by atoms with van der Waals surface area (Å²) in [6.45, 7) is 0. The van der Waals surface area contributed by atoms with Crippen LogP contribution in [0.25, 0.3) is 54.6 Å². The van der Waals surface area contributed by atoms with Crippen molar-refractivity contribution < 1.29 is 6.85 Å². The molecular formula is C49H31N. The minimum absolute atomic E-state index is 0.104. The Labute approximate surface area is 298 Å². The Morgan fingerprint density at radius 2 is 0.840 bits per heavy atom. The molecule has 1 nitrogen and oxygen atoms in total. The lowest BCUT2D eigenvalue weighted by molar-refractivity contribution is 0.793. The Bertz CT molecular complexity index is 2990. The Morgan fingerprint density at radius 1 is 0.380 bits per heavy atom. The third-order valence-electron chi connectivity index (χ3n) is 10.9. The highest BCUT2D eigenvalue weighted by Gasteiger charge is 2.51. The maximum atomic E-state index is 9.36. The van der Waals surface area contributed by atoms with E-state index in [1.54, 1.807) is 0 Å². The van der Waals surface area contributed by atoms with Crippen LogP contribution in [-0.4, -0.2) is 0 Å². The van der Waals surface area contributed by atoms with Crippen LogP contribution in [0.2, 0.25) is 0 Å². The number of anilines is 3. The van der Waals surface area contributed by atoms with E-state index in [2.05, 4.69) is 121 Å². The van der Waals surface area contributed by atoms with Crippen molar-refractivity contribution in [3.63, 3.8) is 0 Å². The largest absolute Gasteiger partial charge is 0.310 e. The number of rotatable bonds is 3. The number of nitrogens with zero attached hydrogens (tertiary/aromatic N) is 1. The van der Waals surface area contributed by atoms with E-state index in [4.69, 9.17) is 4.11 Å². The van der Waals surface area contributed by atoms with Gasteiger partial charge in [-0.15, -0.1) is 0 Å². The summed E-state index contributed by atoms with van der Waals surface area (Å²) in [6, 6.07) is 53.5. The summed E-state index contributed by atoms with van der Waals surface area (Å²) in [5, 5.41) is 6.29. The summed E-state index contributed by atoms with van der Waals surface area (Å²) < 4.78 is 44.9. The normalized spacial score (nSPS) is 14.8. The minimum atomic E-state index is -0.623. The highest BCUT2D eigenvalue weighted by molar-refractivity contribution is 6.28. The average Bonchev–Trinajstić information content (AvgIpc) is 3.71. The fourth-order valence-electron chi connectivity index (χ4n) is 9.09. The molecule has 9 aromatic carbocycles. The third-order valence-corrected chi connectivity index (χ3v) is 10.9. The lowest BCUT2D eigenvalue weighted by atomic mass is 9.70. The van der Waals surface area contributed by atoms with Gasteiger partial charge in [-0.1, -0.05) is 158 Å². The Balaban J connectivity index is 1.29. The number of benzene rings is 9. The van der Waals surface area contributed by atoms with Crippen LogP contribution in [0.15, 0.2) is 188 Å². The second kappa shape index (κ2) is 10.3. The third kappa shape index (κ3) is 3.51. The van der Waals surface area contributed by atoms with Gasteiger partial charge < -0.3 is 4.90 Å². The number of para-hydroxylation sites is 1. The number of hydrogen-bond acceptors (Lipinski definition) is 1. The Hall–Kier alpha value is -6.44. The lowest BCUT2D eigenvalue weighted by Gasteiger charge is -2.32. The van der Waals surface area contributed by atoms with E-state index in [0.29, 0.717) is 5.69 Å². The molecule has 0 radical (unpaired) electrons. The molecule has 0 fully saturated rings. The van der Waals surface area contributed by atoms with E-state index < -0.39 is 11.5 Å². The predicted molar refractivity (Wildman–Crippen MR) is 210 cm³/mol. The van der Waals surface area contributed by atoms with Crippen molar-refractivity contribution in [1.29, 1.82) is 0 Å². The van der Waals surface area contributed by atoms with Gasteiger partial charge in [-0.25, -0.2) is 0 Å². The smallest absolute Gasteiger partial charge is 0.0726 e. The van der Waals surface area contributed by atoms with Gasteiger partial charge >= 0.3 is 0 Å². The standard InChI is InChI=1S/C49H31N/c1-2-15-32(16-3-1)50(47-28-14-24-42-36-18-5-4-17-34(36)35-19-6-7-23-41(35)48(42)47)33-29-30-40-39-22-10-13-27-45(39)49(46(40)31-33)43-25-11-8-20-37(43)38-21-9-12-26-44(38)49/h1-31H/i1D,2D,3D,15D,16D. The van der Waals surface area contributed by atoms with Crippen molar-refractivity contribution in [2.75, 3.05) is 4.90 Å². The van der Waals surface area contributed by atoms with Crippen molar-refractivity contribution >= 4 is 49.4 Å². The van der Waals surface area contributed by atoms with Crippen molar-refractivity contribution in [2.45, 2.75) is 5.41 Å². The summed E-state index contributed by atoms with van der Waals surface area (Å²) >= 11 is 0. The van der Waals surface area contributed by atoms with Crippen molar-refractivity contribution in [3.8, 4) is 22.3 Å². The molecule has 2 aliphatic carbocycles. The van der Waals surface area contributed by atoms with E-state index in [1.807, 2.05) is 41.3 Å². The van der Waals surface area contributed by atoms with Gasteiger partial charge in [0.2, 0.25) is 0 Å². The zero-order valence-corrected chi connectivity index (χ0v) is 27.0. The van der Waals surface area contributed by atoms with E-state index in [-0.39, 0.29) is 29.9 Å². The topological polar surface area (TPSA) is 3.24 Å². The molecule has 0 aliphatic heterocycles. The summed E-state index contributed by atoms with van der Waals surface area (Å²) in [6.07, 6.45) is 0. The molecule has 0 unspecified atom stereocenters. The van der Waals surface area contributed by atoms with Crippen LogP contribution in [0.4, 0.5) is 17.1 Å².